The van der Waals surface area contributed by atoms with Gasteiger partial charge in [0, 0.05) is 6.61 Å². The first-order valence-corrected chi connectivity index (χ1v) is 4.80. The van der Waals surface area contributed by atoms with E-state index in [9.17, 15) is 9.18 Å². The van der Waals surface area contributed by atoms with Crippen LogP contribution in [0.5, 0.6) is 0 Å². The molecule has 0 aromatic carbocycles. The summed E-state index contributed by atoms with van der Waals surface area (Å²) < 4.78 is 17.2. The summed E-state index contributed by atoms with van der Waals surface area (Å²) in [4.78, 5) is 10.7. The van der Waals surface area contributed by atoms with Crippen molar-refractivity contribution in [2.24, 2.45) is 0 Å². The zero-order valence-corrected chi connectivity index (χ0v) is 7.77. The van der Waals surface area contributed by atoms with E-state index >= 15 is 0 Å². The van der Waals surface area contributed by atoms with Gasteiger partial charge in [-0.25, -0.2) is 9.18 Å². The number of alkyl halides is 1. The predicted octanol–water partition coefficient (Wildman–Crippen LogP) is 0.961. The number of halogens is 1. The molecule has 0 saturated carbocycles. The van der Waals surface area contributed by atoms with Crippen molar-refractivity contribution in [2.45, 2.75) is 18.8 Å². The Bertz CT molecular complexity index is 132. The average molecular weight is 196 g/mol. The van der Waals surface area contributed by atoms with Crippen LogP contribution < -0.4 is 0 Å². The summed E-state index contributed by atoms with van der Waals surface area (Å²) in [7, 11) is 0. The highest BCUT2D eigenvalue weighted by molar-refractivity contribution is 8.00. The van der Waals surface area contributed by atoms with Gasteiger partial charge in [0.1, 0.15) is 0 Å². The molecule has 0 aliphatic rings. The fourth-order valence-electron chi connectivity index (χ4n) is 0.527. The maximum absolute atomic E-state index is 12.7. The van der Waals surface area contributed by atoms with Crippen LogP contribution in [0.4, 0.5) is 4.39 Å². The van der Waals surface area contributed by atoms with Crippen molar-refractivity contribution >= 4 is 17.7 Å². The first kappa shape index (κ1) is 11.7. The second kappa shape index (κ2) is 7.36. The lowest BCUT2D eigenvalue weighted by atomic mass is 10.5. The van der Waals surface area contributed by atoms with Gasteiger partial charge >= 0.3 is 5.97 Å². The number of rotatable bonds is 6. The number of aliphatic hydroxyl groups excluding tert-OH is 1. The van der Waals surface area contributed by atoms with Crippen molar-refractivity contribution in [1.82, 2.24) is 0 Å². The molecule has 1 atom stereocenters. The highest BCUT2D eigenvalue weighted by Crippen LogP contribution is 2.14. The molecule has 0 rings (SSSR count). The van der Waals surface area contributed by atoms with Gasteiger partial charge in [-0.05, 0) is 19.1 Å². The Morgan fingerprint density at radius 2 is 2.42 bits per heavy atom. The van der Waals surface area contributed by atoms with Gasteiger partial charge in [-0.2, -0.15) is 0 Å². The second-order valence-electron chi connectivity index (χ2n) is 2.02. The molecule has 72 valence electrons. The number of ether oxygens (including phenoxy) is 1. The van der Waals surface area contributed by atoms with Gasteiger partial charge in [-0.1, -0.05) is 0 Å². The molecule has 0 amide bonds. The van der Waals surface area contributed by atoms with E-state index in [-0.39, 0.29) is 13.2 Å². The summed E-state index contributed by atoms with van der Waals surface area (Å²) in [6.45, 7) is 1.84. The number of thioether (sulfide) groups is 1. The highest BCUT2D eigenvalue weighted by Gasteiger charge is 2.17. The predicted molar refractivity (Wildman–Crippen MR) is 45.7 cm³/mol. The standard InChI is InChI=1S/C7H13FO3S/c1-2-11-7(10)6(8)12-5-3-4-9/h6,9H,2-5H2,1H3. The molecule has 3 nitrogen and oxygen atoms in total. The number of aliphatic hydroxyl groups is 1. The lowest BCUT2D eigenvalue weighted by Crippen LogP contribution is -2.16. The minimum atomic E-state index is -1.61. The fraction of sp³-hybridized carbons (Fsp3) is 0.857. The SMILES string of the molecule is CCOC(=O)C(F)SCCCO. The molecule has 1 unspecified atom stereocenters. The molecule has 0 saturated heterocycles. The molecule has 0 aromatic heterocycles. The Kier molecular flexibility index (Phi) is 7.19. The number of esters is 1. The normalized spacial score (nSPS) is 12.6. The van der Waals surface area contributed by atoms with Gasteiger partial charge in [-0.15, -0.1) is 11.8 Å². The lowest BCUT2D eigenvalue weighted by molar-refractivity contribution is -0.145. The Balaban J connectivity index is 3.42. The Hall–Kier alpha value is -0.290. The second-order valence-corrected chi connectivity index (χ2v) is 3.17. The molecule has 0 bridgehead atoms. The Morgan fingerprint density at radius 3 is 2.92 bits per heavy atom. The largest absolute Gasteiger partial charge is 0.463 e. The molecule has 0 radical (unpaired) electrons. The van der Waals surface area contributed by atoms with Crippen LogP contribution in [0.3, 0.4) is 0 Å². The van der Waals surface area contributed by atoms with Crippen LogP contribution in [-0.2, 0) is 9.53 Å². The summed E-state index contributed by atoms with van der Waals surface area (Å²) in [5, 5.41) is 8.37. The molecular weight excluding hydrogens is 183 g/mol. The molecule has 12 heavy (non-hydrogen) atoms. The smallest absolute Gasteiger partial charge is 0.351 e. The zero-order chi connectivity index (χ0) is 9.40. The van der Waals surface area contributed by atoms with Crippen molar-refractivity contribution in [2.75, 3.05) is 19.0 Å². The molecule has 0 aliphatic carbocycles. The third kappa shape index (κ3) is 5.37. The van der Waals surface area contributed by atoms with Crippen molar-refractivity contribution in [3.63, 3.8) is 0 Å². The summed E-state index contributed by atoms with van der Waals surface area (Å²) in [6.07, 6.45) is 0.491. The van der Waals surface area contributed by atoms with Crippen molar-refractivity contribution < 1.29 is 19.0 Å². The van der Waals surface area contributed by atoms with Gasteiger partial charge in [0.05, 0.1) is 6.61 Å². The number of carbonyl (C=O) groups excluding carboxylic acids is 1. The summed E-state index contributed by atoms with van der Waals surface area (Å²) in [6, 6.07) is 0. The van der Waals surface area contributed by atoms with E-state index < -0.39 is 11.5 Å². The van der Waals surface area contributed by atoms with E-state index in [0.29, 0.717) is 12.2 Å². The van der Waals surface area contributed by atoms with E-state index in [1.54, 1.807) is 6.92 Å². The maximum Gasteiger partial charge on any atom is 0.351 e. The maximum atomic E-state index is 12.7. The van der Waals surface area contributed by atoms with Crippen LogP contribution in [0.1, 0.15) is 13.3 Å². The number of hydrogen-bond donors (Lipinski definition) is 1. The lowest BCUT2D eigenvalue weighted by Gasteiger charge is -2.05. The average Bonchev–Trinajstić information content (AvgIpc) is 2.05. The number of hydrogen-bond acceptors (Lipinski definition) is 4. The topological polar surface area (TPSA) is 46.5 Å². The van der Waals surface area contributed by atoms with Crippen LogP contribution in [-0.4, -0.2) is 35.5 Å². The summed E-state index contributed by atoms with van der Waals surface area (Å²) in [5.74, 6) is -0.406. The molecule has 1 N–H and O–H groups in total. The van der Waals surface area contributed by atoms with Crippen molar-refractivity contribution in [3.8, 4) is 0 Å². The van der Waals surface area contributed by atoms with Crippen LogP contribution in [0.15, 0.2) is 0 Å². The molecule has 0 heterocycles. The zero-order valence-electron chi connectivity index (χ0n) is 6.96. The van der Waals surface area contributed by atoms with Gasteiger partial charge in [-0.3, -0.25) is 0 Å². The van der Waals surface area contributed by atoms with Crippen LogP contribution >= 0.6 is 11.8 Å². The summed E-state index contributed by atoms with van der Waals surface area (Å²) in [5.41, 5.74) is -1.61. The summed E-state index contributed by atoms with van der Waals surface area (Å²) >= 11 is 0.848. The van der Waals surface area contributed by atoms with Gasteiger partial charge < -0.3 is 9.84 Å². The van der Waals surface area contributed by atoms with Gasteiger partial charge in [0.25, 0.3) is 0 Å². The fourth-order valence-corrected chi connectivity index (χ4v) is 1.23. The first-order valence-electron chi connectivity index (χ1n) is 3.75. The van der Waals surface area contributed by atoms with Crippen LogP contribution in [0.2, 0.25) is 0 Å². The molecule has 0 fully saturated rings. The van der Waals surface area contributed by atoms with E-state index in [1.807, 2.05) is 0 Å². The van der Waals surface area contributed by atoms with Crippen LogP contribution in [0, 0.1) is 0 Å². The van der Waals surface area contributed by atoms with E-state index in [2.05, 4.69) is 4.74 Å². The third-order valence-corrected chi connectivity index (χ3v) is 2.05. The van der Waals surface area contributed by atoms with Crippen LogP contribution in [0.25, 0.3) is 0 Å². The number of carbonyl (C=O) groups is 1. The van der Waals surface area contributed by atoms with Crippen molar-refractivity contribution in [1.29, 1.82) is 0 Å². The molecule has 0 spiro atoms. The quantitative estimate of drug-likeness (QED) is 0.507. The van der Waals surface area contributed by atoms with E-state index in [1.165, 1.54) is 0 Å². The molecule has 5 heteroatoms. The first-order chi connectivity index (χ1) is 5.72. The van der Waals surface area contributed by atoms with E-state index in [4.69, 9.17) is 5.11 Å². The molecule has 0 aromatic rings. The Morgan fingerprint density at radius 1 is 1.75 bits per heavy atom. The Labute approximate surface area is 75.3 Å². The van der Waals surface area contributed by atoms with Gasteiger partial charge in [0.15, 0.2) is 0 Å². The van der Waals surface area contributed by atoms with Gasteiger partial charge in [0.2, 0.25) is 5.50 Å². The highest BCUT2D eigenvalue weighted by atomic mass is 32.2. The molecular formula is C7H13FO3S. The minimum Gasteiger partial charge on any atom is -0.463 e. The third-order valence-electron chi connectivity index (χ3n) is 1.04. The van der Waals surface area contributed by atoms with E-state index in [0.717, 1.165) is 11.8 Å². The molecule has 0 aliphatic heterocycles. The monoisotopic (exact) mass is 196 g/mol. The minimum absolute atomic E-state index is 0.0164. The van der Waals surface area contributed by atoms with Crippen molar-refractivity contribution in [3.05, 3.63) is 0 Å².